The fourth-order valence-corrected chi connectivity index (χ4v) is 3.02. The number of benzene rings is 1. The molecule has 2 aliphatic heterocycles. The van der Waals surface area contributed by atoms with Gasteiger partial charge in [-0.05, 0) is 31.9 Å². The van der Waals surface area contributed by atoms with Gasteiger partial charge >= 0.3 is 0 Å². The first-order valence-electron chi connectivity index (χ1n) is 7.25. The van der Waals surface area contributed by atoms with Gasteiger partial charge in [-0.3, -0.25) is 9.59 Å². The predicted molar refractivity (Wildman–Crippen MR) is 77.8 cm³/mol. The van der Waals surface area contributed by atoms with Crippen LogP contribution in [0, 0.1) is 0 Å². The van der Waals surface area contributed by atoms with Gasteiger partial charge in [0, 0.05) is 12.1 Å². The van der Waals surface area contributed by atoms with E-state index in [2.05, 4.69) is 5.32 Å². The van der Waals surface area contributed by atoms with Crippen molar-refractivity contribution in [3.63, 3.8) is 0 Å². The van der Waals surface area contributed by atoms with Crippen molar-refractivity contribution < 1.29 is 14.3 Å². The third kappa shape index (κ3) is 2.93. The van der Waals surface area contributed by atoms with E-state index in [1.165, 1.54) is 0 Å². The molecule has 5 heteroatoms. The van der Waals surface area contributed by atoms with Crippen molar-refractivity contribution >= 4 is 11.8 Å². The Morgan fingerprint density at radius 3 is 2.86 bits per heavy atom. The standard InChI is InChI=1S/C16H20N2O3/c1-16(2)7-12(10-21-16)17-14(19)9-18-8-11-5-3-4-6-13(11)15(18)20/h3-6,12H,7-10H2,1-2H3,(H,17,19). The SMILES string of the molecule is CC1(C)CC(NC(=O)CN2Cc3ccccc3C2=O)CO1. The van der Waals surface area contributed by atoms with Gasteiger partial charge in [-0.2, -0.15) is 0 Å². The number of ether oxygens (including phenoxy) is 1. The van der Waals surface area contributed by atoms with Crippen LogP contribution in [-0.4, -0.2) is 41.5 Å². The second kappa shape index (κ2) is 5.15. The molecule has 0 bridgehead atoms. The molecule has 2 aliphatic rings. The van der Waals surface area contributed by atoms with Crippen LogP contribution in [0.5, 0.6) is 0 Å². The molecule has 1 saturated heterocycles. The van der Waals surface area contributed by atoms with Gasteiger partial charge in [0.1, 0.15) is 6.54 Å². The first kappa shape index (κ1) is 14.1. The number of fused-ring (bicyclic) bond motifs is 1. The molecule has 0 saturated carbocycles. The van der Waals surface area contributed by atoms with Crippen molar-refractivity contribution in [2.45, 2.75) is 38.5 Å². The normalized spacial score (nSPS) is 23.2. The summed E-state index contributed by atoms with van der Waals surface area (Å²) in [4.78, 5) is 25.9. The maximum Gasteiger partial charge on any atom is 0.254 e. The number of hydrogen-bond acceptors (Lipinski definition) is 3. The number of carbonyl (C=O) groups excluding carboxylic acids is 2. The molecule has 2 heterocycles. The second-order valence-corrected chi connectivity index (χ2v) is 6.36. The summed E-state index contributed by atoms with van der Waals surface area (Å²) in [6.07, 6.45) is 0.799. The van der Waals surface area contributed by atoms with E-state index >= 15 is 0 Å². The van der Waals surface area contributed by atoms with Gasteiger partial charge in [0.2, 0.25) is 5.91 Å². The Hall–Kier alpha value is -1.88. The highest BCUT2D eigenvalue weighted by Gasteiger charge is 2.34. The fraction of sp³-hybridized carbons (Fsp3) is 0.500. The molecule has 0 spiro atoms. The van der Waals surface area contributed by atoms with Crippen molar-refractivity contribution in [1.82, 2.24) is 10.2 Å². The summed E-state index contributed by atoms with van der Waals surface area (Å²) < 4.78 is 5.60. The van der Waals surface area contributed by atoms with E-state index < -0.39 is 0 Å². The zero-order valence-electron chi connectivity index (χ0n) is 12.4. The Morgan fingerprint density at radius 2 is 2.19 bits per heavy atom. The minimum atomic E-state index is -0.183. The van der Waals surface area contributed by atoms with Crippen LogP contribution in [0.4, 0.5) is 0 Å². The topological polar surface area (TPSA) is 58.6 Å². The molecule has 3 rings (SSSR count). The zero-order chi connectivity index (χ0) is 15.0. The molecule has 5 nitrogen and oxygen atoms in total. The summed E-state index contributed by atoms with van der Waals surface area (Å²) in [5, 5.41) is 2.95. The maximum absolute atomic E-state index is 12.2. The summed E-state index contributed by atoms with van der Waals surface area (Å²) in [5.74, 6) is -0.189. The van der Waals surface area contributed by atoms with Gasteiger partial charge in [-0.25, -0.2) is 0 Å². The molecule has 1 N–H and O–H groups in total. The lowest BCUT2D eigenvalue weighted by Gasteiger charge is -2.18. The lowest BCUT2D eigenvalue weighted by Crippen LogP contribution is -2.42. The first-order chi connectivity index (χ1) is 9.94. The van der Waals surface area contributed by atoms with Gasteiger partial charge < -0.3 is 15.0 Å². The van der Waals surface area contributed by atoms with Crippen molar-refractivity contribution in [3.05, 3.63) is 35.4 Å². The molecule has 1 fully saturated rings. The molecule has 0 aromatic heterocycles. The van der Waals surface area contributed by atoms with Gasteiger partial charge in [-0.15, -0.1) is 0 Å². The van der Waals surface area contributed by atoms with E-state index in [-0.39, 0.29) is 30.0 Å². The molecule has 2 amide bonds. The predicted octanol–water partition coefficient (Wildman–Crippen LogP) is 1.33. The zero-order valence-corrected chi connectivity index (χ0v) is 12.4. The highest BCUT2D eigenvalue weighted by atomic mass is 16.5. The van der Waals surface area contributed by atoms with E-state index in [0.29, 0.717) is 18.7 Å². The molecule has 0 radical (unpaired) electrons. The molecule has 1 aromatic rings. The lowest BCUT2D eigenvalue weighted by atomic mass is 10.0. The quantitative estimate of drug-likeness (QED) is 0.913. The second-order valence-electron chi connectivity index (χ2n) is 6.36. The first-order valence-corrected chi connectivity index (χ1v) is 7.25. The van der Waals surface area contributed by atoms with E-state index in [1.807, 2.05) is 38.1 Å². The molecule has 21 heavy (non-hydrogen) atoms. The summed E-state index contributed by atoms with van der Waals surface area (Å²) in [5.41, 5.74) is 1.51. The number of amides is 2. The highest BCUT2D eigenvalue weighted by Crippen LogP contribution is 2.25. The average molecular weight is 288 g/mol. The summed E-state index contributed by atoms with van der Waals surface area (Å²) >= 11 is 0. The van der Waals surface area contributed by atoms with E-state index in [0.717, 1.165) is 12.0 Å². The third-order valence-corrected chi connectivity index (χ3v) is 4.01. The third-order valence-electron chi connectivity index (χ3n) is 4.01. The van der Waals surface area contributed by atoms with E-state index in [9.17, 15) is 9.59 Å². The fourth-order valence-electron chi connectivity index (χ4n) is 3.02. The number of nitrogens with zero attached hydrogens (tertiary/aromatic N) is 1. The minimum Gasteiger partial charge on any atom is -0.373 e. The van der Waals surface area contributed by atoms with Crippen LogP contribution in [0.3, 0.4) is 0 Å². The lowest BCUT2D eigenvalue weighted by molar-refractivity contribution is -0.122. The van der Waals surface area contributed by atoms with Crippen molar-refractivity contribution in [3.8, 4) is 0 Å². The Kier molecular flexibility index (Phi) is 3.45. The molecule has 1 aromatic carbocycles. The van der Waals surface area contributed by atoms with Gasteiger partial charge in [0.05, 0.1) is 18.2 Å². The molecular formula is C16H20N2O3. The van der Waals surface area contributed by atoms with Crippen LogP contribution in [0.25, 0.3) is 0 Å². The van der Waals surface area contributed by atoms with Crippen LogP contribution in [0.2, 0.25) is 0 Å². The Balaban J connectivity index is 1.56. The maximum atomic E-state index is 12.2. The Morgan fingerprint density at radius 1 is 1.43 bits per heavy atom. The van der Waals surface area contributed by atoms with Gasteiger partial charge in [0.25, 0.3) is 5.91 Å². The van der Waals surface area contributed by atoms with Gasteiger partial charge in [0.15, 0.2) is 0 Å². The largest absolute Gasteiger partial charge is 0.373 e. The molecular weight excluding hydrogens is 268 g/mol. The van der Waals surface area contributed by atoms with Crippen LogP contribution < -0.4 is 5.32 Å². The number of carbonyl (C=O) groups is 2. The van der Waals surface area contributed by atoms with E-state index in [1.54, 1.807) is 4.90 Å². The highest BCUT2D eigenvalue weighted by molar-refractivity contribution is 6.00. The number of nitrogens with one attached hydrogen (secondary N) is 1. The van der Waals surface area contributed by atoms with Crippen LogP contribution >= 0.6 is 0 Å². The summed E-state index contributed by atoms with van der Waals surface area (Å²) in [6, 6.07) is 7.53. The molecule has 112 valence electrons. The van der Waals surface area contributed by atoms with Crippen molar-refractivity contribution in [2.24, 2.45) is 0 Å². The van der Waals surface area contributed by atoms with E-state index in [4.69, 9.17) is 4.74 Å². The Labute approximate surface area is 124 Å². The van der Waals surface area contributed by atoms with Crippen LogP contribution in [-0.2, 0) is 16.1 Å². The van der Waals surface area contributed by atoms with Crippen LogP contribution in [0.15, 0.2) is 24.3 Å². The average Bonchev–Trinajstić information content (AvgIpc) is 2.91. The molecule has 1 unspecified atom stereocenters. The molecule has 1 atom stereocenters. The van der Waals surface area contributed by atoms with Crippen molar-refractivity contribution in [2.75, 3.05) is 13.2 Å². The summed E-state index contributed by atoms with van der Waals surface area (Å²) in [7, 11) is 0. The smallest absolute Gasteiger partial charge is 0.254 e. The number of hydrogen-bond donors (Lipinski definition) is 1. The monoisotopic (exact) mass is 288 g/mol. The van der Waals surface area contributed by atoms with Gasteiger partial charge in [-0.1, -0.05) is 18.2 Å². The van der Waals surface area contributed by atoms with Crippen LogP contribution in [0.1, 0.15) is 36.2 Å². The summed E-state index contributed by atoms with van der Waals surface area (Å²) in [6.45, 7) is 5.17. The van der Waals surface area contributed by atoms with Crippen molar-refractivity contribution in [1.29, 1.82) is 0 Å². The molecule has 0 aliphatic carbocycles. The minimum absolute atomic E-state index is 0.0348. The Bertz CT molecular complexity index is 583. The number of rotatable bonds is 3.